The van der Waals surface area contributed by atoms with Crippen LogP contribution in [0.1, 0.15) is 31.9 Å². The van der Waals surface area contributed by atoms with Crippen LogP contribution in [0, 0.1) is 17.8 Å². The SMILES string of the molecule is C=C(C)C12OC3(c4ccccc4)OC1C1C4OC4(CO)C(O)C4(O)C(=O)C(C)=CC4C1(O3)C(C)C2OC(=O)C=CC=Cc1ccccc1. The van der Waals surface area contributed by atoms with E-state index in [4.69, 9.17) is 23.7 Å². The van der Waals surface area contributed by atoms with E-state index in [9.17, 15) is 24.9 Å². The molecule has 3 aliphatic carbocycles. The topological polar surface area (TPSA) is 144 Å². The maximum Gasteiger partial charge on any atom is 0.331 e. The van der Waals surface area contributed by atoms with Crippen LogP contribution in [-0.4, -0.2) is 80.5 Å². The van der Waals surface area contributed by atoms with Gasteiger partial charge in [0.2, 0.25) is 0 Å². The lowest BCUT2D eigenvalue weighted by Crippen LogP contribution is -2.76. The van der Waals surface area contributed by atoms with Gasteiger partial charge in [-0.25, -0.2) is 4.79 Å². The summed E-state index contributed by atoms with van der Waals surface area (Å²) in [6.07, 6.45) is 3.34. The van der Waals surface area contributed by atoms with Crippen LogP contribution in [-0.2, 0) is 39.2 Å². The molecule has 12 atom stereocenters. The smallest absolute Gasteiger partial charge is 0.331 e. The predicted octanol–water partition coefficient (Wildman–Crippen LogP) is 3.12. The average Bonchev–Trinajstić information content (AvgIpc) is 3.71. The van der Waals surface area contributed by atoms with Crippen molar-refractivity contribution in [1.82, 2.24) is 0 Å². The van der Waals surface area contributed by atoms with Crippen LogP contribution < -0.4 is 0 Å². The molecule has 2 saturated carbocycles. The summed E-state index contributed by atoms with van der Waals surface area (Å²) < 4.78 is 33.4. The lowest BCUT2D eigenvalue weighted by molar-refractivity contribution is -0.440. The highest BCUT2D eigenvalue weighted by Gasteiger charge is 2.90. The Bertz CT molecular complexity index is 1790. The van der Waals surface area contributed by atoms with Crippen molar-refractivity contribution in [3.8, 4) is 0 Å². The number of carbonyl (C=O) groups is 2. The summed E-state index contributed by atoms with van der Waals surface area (Å²) in [4.78, 5) is 27.5. The van der Waals surface area contributed by atoms with E-state index < -0.39 is 88.9 Å². The molecule has 0 spiro atoms. The highest BCUT2D eigenvalue weighted by Crippen LogP contribution is 2.74. The molecular weight excluding hydrogens is 616 g/mol. The first-order valence-electron chi connectivity index (χ1n) is 16.2. The van der Waals surface area contributed by atoms with Gasteiger partial charge in [-0.1, -0.05) is 98.5 Å². The van der Waals surface area contributed by atoms with Crippen molar-refractivity contribution in [3.63, 3.8) is 0 Å². The number of aliphatic hydroxyl groups is 3. The van der Waals surface area contributed by atoms with Crippen molar-refractivity contribution >= 4 is 17.8 Å². The van der Waals surface area contributed by atoms with Gasteiger partial charge in [-0.15, -0.1) is 0 Å². The van der Waals surface area contributed by atoms with Crippen molar-refractivity contribution in [2.75, 3.05) is 6.61 Å². The van der Waals surface area contributed by atoms with Gasteiger partial charge in [0.25, 0.3) is 0 Å². The number of esters is 1. The van der Waals surface area contributed by atoms with E-state index in [-0.39, 0.29) is 5.57 Å². The maximum absolute atomic E-state index is 13.9. The Morgan fingerprint density at radius 1 is 1.02 bits per heavy atom. The second kappa shape index (κ2) is 10.4. The van der Waals surface area contributed by atoms with Crippen LogP contribution in [0.5, 0.6) is 0 Å². The Hall–Kier alpha value is -3.74. The number of hydrogen-bond acceptors (Lipinski definition) is 10. The zero-order chi connectivity index (χ0) is 33.9. The number of benzene rings is 2. The molecule has 3 heterocycles. The summed E-state index contributed by atoms with van der Waals surface area (Å²) in [5, 5.41) is 34.9. The molecule has 250 valence electrons. The lowest BCUT2D eigenvalue weighted by Gasteiger charge is -2.61. The minimum Gasteiger partial charge on any atom is -0.455 e. The fourth-order valence-corrected chi connectivity index (χ4v) is 9.34. The summed E-state index contributed by atoms with van der Waals surface area (Å²) in [5.41, 5.74) is -4.99. The third-order valence-electron chi connectivity index (χ3n) is 11.5. The molecule has 2 aromatic rings. The molecule has 8 rings (SSSR count). The first kappa shape index (κ1) is 31.5. The van der Waals surface area contributed by atoms with Crippen LogP contribution in [0.3, 0.4) is 0 Å². The van der Waals surface area contributed by atoms with E-state index in [0.717, 1.165) is 5.56 Å². The Labute approximate surface area is 277 Å². The van der Waals surface area contributed by atoms with Gasteiger partial charge in [0.1, 0.15) is 30.0 Å². The molecule has 3 N–H and O–H groups in total. The summed E-state index contributed by atoms with van der Waals surface area (Å²) in [5.74, 6) is -5.98. The Balaban J connectivity index is 1.29. The maximum atomic E-state index is 13.9. The number of aliphatic hydroxyl groups excluding tert-OH is 2. The molecule has 2 aromatic carbocycles. The number of carbonyl (C=O) groups excluding carboxylic acids is 2. The summed E-state index contributed by atoms with van der Waals surface area (Å²) in [7, 11) is 0. The standard InChI is InChI=1S/C38H38O10/c1-21(2)36-30(44-27(40)18-12-11-15-24-13-7-5-8-14-24)23(4)37-26-19-22(3)29(41)35(26,43)33(42)34(20-39)31(45-34)28(37)32(36)46-38(47-36,48-37)25-16-9-6-10-17-25/h5-19,23,26,28,30-33,39,42-43H,1,20H2,2-4H3. The molecule has 0 amide bonds. The van der Waals surface area contributed by atoms with Crippen molar-refractivity contribution in [2.45, 2.75) is 73.6 Å². The number of fused-ring (bicyclic) bond motifs is 3. The second-order valence-corrected chi connectivity index (χ2v) is 13.9. The summed E-state index contributed by atoms with van der Waals surface area (Å²) in [6, 6.07) is 18.6. The fraction of sp³-hybridized carbons (Fsp3) is 0.421. The zero-order valence-electron chi connectivity index (χ0n) is 26.8. The number of ether oxygens (including phenoxy) is 5. The van der Waals surface area contributed by atoms with Gasteiger partial charge < -0.3 is 39.0 Å². The van der Waals surface area contributed by atoms with E-state index in [1.54, 1.807) is 56.3 Å². The molecule has 48 heavy (non-hydrogen) atoms. The molecule has 3 saturated heterocycles. The molecule has 6 aliphatic rings. The third-order valence-corrected chi connectivity index (χ3v) is 11.5. The molecule has 12 unspecified atom stereocenters. The number of rotatable bonds is 7. The quantitative estimate of drug-likeness (QED) is 0.134. The van der Waals surface area contributed by atoms with E-state index in [1.807, 2.05) is 49.4 Å². The molecular formula is C38H38O10. The summed E-state index contributed by atoms with van der Waals surface area (Å²) in [6.45, 7) is 8.79. The first-order chi connectivity index (χ1) is 22.9. The number of allylic oxidation sites excluding steroid dienone is 2. The predicted molar refractivity (Wildman–Crippen MR) is 170 cm³/mol. The largest absolute Gasteiger partial charge is 0.455 e. The Kier molecular flexibility index (Phi) is 6.82. The minimum absolute atomic E-state index is 0.226. The normalized spacial score (nSPS) is 45.0. The van der Waals surface area contributed by atoms with Gasteiger partial charge in [-0.3, -0.25) is 4.79 Å². The number of ketones is 1. The minimum atomic E-state index is -2.43. The molecule has 0 aromatic heterocycles. The molecule has 3 bridgehead atoms. The fourth-order valence-electron chi connectivity index (χ4n) is 9.34. The molecule has 10 nitrogen and oxygen atoms in total. The molecule has 3 aliphatic heterocycles. The van der Waals surface area contributed by atoms with Crippen LogP contribution in [0.15, 0.2) is 103 Å². The van der Waals surface area contributed by atoms with E-state index >= 15 is 0 Å². The first-order valence-corrected chi connectivity index (χ1v) is 16.2. The molecule has 10 heteroatoms. The highest BCUT2D eigenvalue weighted by molar-refractivity contribution is 6.05. The van der Waals surface area contributed by atoms with Gasteiger partial charge in [0.05, 0.1) is 12.2 Å². The van der Waals surface area contributed by atoms with E-state index in [1.165, 1.54) is 6.08 Å². The van der Waals surface area contributed by atoms with Gasteiger partial charge in [0, 0.05) is 29.4 Å². The Morgan fingerprint density at radius 3 is 2.38 bits per heavy atom. The Morgan fingerprint density at radius 2 is 1.71 bits per heavy atom. The lowest BCUT2D eigenvalue weighted by atomic mass is 9.53. The second-order valence-electron chi connectivity index (χ2n) is 13.9. The van der Waals surface area contributed by atoms with Gasteiger partial charge in [-0.2, -0.15) is 0 Å². The average molecular weight is 655 g/mol. The number of epoxide rings is 1. The van der Waals surface area contributed by atoms with Crippen LogP contribution in [0.25, 0.3) is 6.08 Å². The van der Waals surface area contributed by atoms with Gasteiger partial charge in [-0.05, 0) is 30.6 Å². The van der Waals surface area contributed by atoms with E-state index in [2.05, 4.69) is 6.58 Å². The number of hydrogen-bond donors (Lipinski definition) is 3. The number of Topliss-reactive ketones (excluding diaryl/α,β-unsaturated/α-hetero) is 1. The highest BCUT2D eigenvalue weighted by atomic mass is 16.9. The van der Waals surface area contributed by atoms with Crippen molar-refractivity contribution in [2.24, 2.45) is 17.8 Å². The van der Waals surface area contributed by atoms with Gasteiger partial charge in [0.15, 0.2) is 17.0 Å². The summed E-state index contributed by atoms with van der Waals surface area (Å²) >= 11 is 0. The molecule has 0 radical (unpaired) electrons. The molecule has 5 fully saturated rings. The van der Waals surface area contributed by atoms with Crippen LogP contribution >= 0.6 is 0 Å². The van der Waals surface area contributed by atoms with Crippen molar-refractivity contribution in [3.05, 3.63) is 114 Å². The van der Waals surface area contributed by atoms with Crippen LogP contribution in [0.2, 0.25) is 0 Å². The van der Waals surface area contributed by atoms with Crippen molar-refractivity contribution in [1.29, 1.82) is 0 Å². The monoisotopic (exact) mass is 654 g/mol. The third kappa shape index (κ3) is 3.76. The van der Waals surface area contributed by atoms with Gasteiger partial charge >= 0.3 is 11.9 Å². The zero-order valence-corrected chi connectivity index (χ0v) is 26.8. The van der Waals surface area contributed by atoms with Crippen molar-refractivity contribution < 1.29 is 48.6 Å². The van der Waals surface area contributed by atoms with E-state index in [0.29, 0.717) is 11.1 Å². The van der Waals surface area contributed by atoms with Crippen LogP contribution in [0.4, 0.5) is 0 Å².